The van der Waals surface area contributed by atoms with E-state index in [1.165, 1.54) is 0 Å². The highest BCUT2D eigenvalue weighted by Gasteiger charge is 2.26. The minimum absolute atomic E-state index is 0.0807. The smallest absolute Gasteiger partial charge is 0.303 e. The molecule has 0 amide bonds. The van der Waals surface area contributed by atoms with Crippen molar-refractivity contribution in [1.29, 1.82) is 0 Å². The van der Waals surface area contributed by atoms with E-state index in [9.17, 15) is 9.90 Å². The summed E-state index contributed by atoms with van der Waals surface area (Å²) >= 11 is 0. The summed E-state index contributed by atoms with van der Waals surface area (Å²) in [4.78, 5) is 18.4. The fraction of sp³-hybridized carbons (Fsp3) is 0.462. The second kappa shape index (κ2) is 10.3. The normalized spacial score (nSPS) is 15.6. The number of para-hydroxylation sites is 2. The van der Waals surface area contributed by atoms with Gasteiger partial charge in [0.1, 0.15) is 5.52 Å². The Kier molecular flexibility index (Phi) is 7.18. The van der Waals surface area contributed by atoms with Gasteiger partial charge in [-0.1, -0.05) is 39.0 Å². The van der Waals surface area contributed by atoms with Crippen LogP contribution in [0.5, 0.6) is 0 Å². The summed E-state index contributed by atoms with van der Waals surface area (Å²) in [7, 11) is 0. The summed E-state index contributed by atoms with van der Waals surface area (Å²) in [6.07, 6.45) is 2.04. The minimum atomic E-state index is -0.802. The molecule has 1 atom stereocenters. The quantitative estimate of drug-likeness (QED) is 0.426. The van der Waals surface area contributed by atoms with Gasteiger partial charge >= 0.3 is 5.97 Å². The Morgan fingerprint density at radius 1 is 1.18 bits per heavy atom. The lowest BCUT2D eigenvalue weighted by molar-refractivity contribution is -0.137. The van der Waals surface area contributed by atoms with Crippen LogP contribution in [-0.2, 0) is 9.53 Å². The van der Waals surface area contributed by atoms with E-state index >= 15 is 0 Å². The van der Waals surface area contributed by atoms with Gasteiger partial charge in [-0.3, -0.25) is 4.79 Å². The molecule has 1 aromatic heterocycles. The average Bonchev–Trinajstić information content (AvgIpc) is 3.20. The maximum absolute atomic E-state index is 11.3. The molecule has 0 saturated carbocycles. The Morgan fingerprint density at radius 3 is 2.64 bits per heavy atom. The third kappa shape index (κ3) is 5.66. The van der Waals surface area contributed by atoms with Crippen molar-refractivity contribution in [3.63, 3.8) is 0 Å². The third-order valence-corrected chi connectivity index (χ3v) is 6.11. The monoisotopic (exact) mass is 451 g/mol. The number of nitrogens with one attached hydrogen (secondary N) is 1. The van der Waals surface area contributed by atoms with Crippen LogP contribution in [-0.4, -0.2) is 41.9 Å². The van der Waals surface area contributed by atoms with Crippen LogP contribution in [0.4, 0.5) is 17.4 Å². The largest absolute Gasteiger partial charge is 0.481 e. The van der Waals surface area contributed by atoms with Crippen molar-refractivity contribution in [2.75, 3.05) is 30.0 Å². The van der Waals surface area contributed by atoms with E-state index in [2.05, 4.69) is 35.1 Å². The van der Waals surface area contributed by atoms with E-state index in [-0.39, 0.29) is 12.3 Å². The molecule has 2 N–H and O–H groups in total. The predicted molar refractivity (Wildman–Crippen MR) is 130 cm³/mol. The number of nitrogens with zero attached hydrogens (tertiary/aromatic N) is 2. The summed E-state index contributed by atoms with van der Waals surface area (Å²) in [5.41, 5.74) is 4.43. The molecule has 0 bridgehead atoms. The number of hydrogen-bond donors (Lipinski definition) is 2. The number of anilines is 3. The number of rotatable bonds is 9. The molecule has 1 aliphatic heterocycles. The molecule has 1 fully saturated rings. The molecule has 7 heteroatoms. The first-order chi connectivity index (χ1) is 15.9. The zero-order valence-corrected chi connectivity index (χ0v) is 19.6. The van der Waals surface area contributed by atoms with Crippen molar-refractivity contribution >= 4 is 34.5 Å². The van der Waals surface area contributed by atoms with Crippen LogP contribution in [0.2, 0.25) is 0 Å². The van der Waals surface area contributed by atoms with Crippen molar-refractivity contribution < 1.29 is 19.1 Å². The van der Waals surface area contributed by atoms with Gasteiger partial charge < -0.3 is 24.5 Å². The van der Waals surface area contributed by atoms with Crippen molar-refractivity contribution in [1.82, 2.24) is 4.98 Å². The van der Waals surface area contributed by atoms with Gasteiger partial charge in [0.25, 0.3) is 6.01 Å². The van der Waals surface area contributed by atoms with Gasteiger partial charge in [0.2, 0.25) is 0 Å². The summed E-state index contributed by atoms with van der Waals surface area (Å²) < 4.78 is 11.6. The molecule has 0 spiro atoms. The van der Waals surface area contributed by atoms with Gasteiger partial charge in [0.15, 0.2) is 5.58 Å². The average molecular weight is 452 g/mol. The summed E-state index contributed by atoms with van der Waals surface area (Å²) in [5, 5.41) is 12.7. The number of carboxylic acids is 1. The lowest BCUT2D eigenvalue weighted by atomic mass is 9.95. The lowest BCUT2D eigenvalue weighted by Crippen LogP contribution is -2.42. The zero-order valence-electron chi connectivity index (χ0n) is 19.6. The first-order valence-electron chi connectivity index (χ1n) is 11.7. The minimum Gasteiger partial charge on any atom is -0.481 e. The molecule has 33 heavy (non-hydrogen) atoms. The maximum Gasteiger partial charge on any atom is 0.303 e. The molecular formula is C26H33N3O4. The predicted octanol–water partition coefficient (Wildman–Crippen LogP) is 5.79. The third-order valence-electron chi connectivity index (χ3n) is 6.11. The SMILES string of the molecule is CC(C)CN(c1ccc(C(C)CC(=O)O)cc1Nc1nc2ccccc2o1)C1CCOCC1. The van der Waals surface area contributed by atoms with E-state index in [0.29, 0.717) is 18.0 Å². The first-order valence-corrected chi connectivity index (χ1v) is 11.7. The van der Waals surface area contributed by atoms with Gasteiger partial charge in [-0.15, -0.1) is 0 Å². The Balaban J connectivity index is 1.73. The van der Waals surface area contributed by atoms with Crippen LogP contribution in [0.25, 0.3) is 11.1 Å². The van der Waals surface area contributed by atoms with Crippen LogP contribution in [0.1, 0.15) is 51.5 Å². The number of aromatic nitrogens is 1. The molecule has 1 aliphatic rings. The molecule has 2 heterocycles. The molecule has 0 aliphatic carbocycles. The topological polar surface area (TPSA) is 87.8 Å². The van der Waals surface area contributed by atoms with Crippen molar-refractivity contribution in [2.24, 2.45) is 5.92 Å². The van der Waals surface area contributed by atoms with Gasteiger partial charge in [0.05, 0.1) is 17.8 Å². The molecule has 176 valence electrons. The van der Waals surface area contributed by atoms with Crippen LogP contribution in [0, 0.1) is 5.92 Å². The fourth-order valence-electron chi connectivity index (χ4n) is 4.47. The fourth-order valence-corrected chi connectivity index (χ4v) is 4.47. The molecule has 4 rings (SSSR count). The number of ether oxygens (including phenoxy) is 1. The van der Waals surface area contributed by atoms with Crippen LogP contribution in [0.3, 0.4) is 0 Å². The highest BCUT2D eigenvalue weighted by Crippen LogP contribution is 2.36. The van der Waals surface area contributed by atoms with Crippen LogP contribution >= 0.6 is 0 Å². The van der Waals surface area contributed by atoms with Gasteiger partial charge in [-0.05, 0) is 54.5 Å². The standard InChI is InChI=1S/C26H33N3O4/c1-17(2)16-29(20-10-12-32-13-11-20)23-9-8-19(18(3)14-25(30)31)15-22(23)28-26-27-21-6-4-5-7-24(21)33-26/h4-9,15,17-18,20H,10-14,16H2,1-3H3,(H,27,28)(H,30,31). The number of hydrogen-bond acceptors (Lipinski definition) is 6. The van der Waals surface area contributed by atoms with E-state index in [0.717, 1.165) is 60.6 Å². The molecule has 1 unspecified atom stereocenters. The Morgan fingerprint density at radius 2 is 1.94 bits per heavy atom. The summed E-state index contributed by atoms with van der Waals surface area (Å²) in [5.74, 6) is -0.429. The maximum atomic E-state index is 11.3. The van der Waals surface area contributed by atoms with E-state index < -0.39 is 5.97 Å². The Hall–Kier alpha value is -3.06. The summed E-state index contributed by atoms with van der Waals surface area (Å²) in [6, 6.07) is 14.7. The molecule has 3 aromatic rings. The van der Waals surface area contributed by atoms with Crippen molar-refractivity contribution in [3.8, 4) is 0 Å². The van der Waals surface area contributed by atoms with E-state index in [4.69, 9.17) is 9.15 Å². The van der Waals surface area contributed by atoms with Gasteiger partial charge in [-0.2, -0.15) is 4.98 Å². The second-order valence-corrected chi connectivity index (χ2v) is 9.28. The number of benzene rings is 2. The lowest BCUT2D eigenvalue weighted by Gasteiger charge is -2.38. The molecule has 1 saturated heterocycles. The Bertz CT molecular complexity index is 1060. The second-order valence-electron chi connectivity index (χ2n) is 9.28. The van der Waals surface area contributed by atoms with Crippen LogP contribution in [0.15, 0.2) is 46.9 Å². The Labute approximate surface area is 194 Å². The number of aliphatic carboxylic acids is 1. The van der Waals surface area contributed by atoms with E-state index in [1.807, 2.05) is 43.3 Å². The molecular weight excluding hydrogens is 418 g/mol. The van der Waals surface area contributed by atoms with Crippen LogP contribution < -0.4 is 10.2 Å². The summed E-state index contributed by atoms with van der Waals surface area (Å²) in [6.45, 7) is 8.84. The van der Waals surface area contributed by atoms with E-state index in [1.54, 1.807) is 0 Å². The number of carbonyl (C=O) groups is 1. The van der Waals surface area contributed by atoms with Gasteiger partial charge in [-0.25, -0.2) is 0 Å². The first kappa shape index (κ1) is 23.1. The number of oxazole rings is 1. The molecule has 7 nitrogen and oxygen atoms in total. The molecule has 2 aromatic carbocycles. The zero-order chi connectivity index (χ0) is 23.4. The number of carboxylic acid groups (broad SMARTS) is 1. The molecule has 0 radical (unpaired) electrons. The number of fused-ring (bicyclic) bond motifs is 1. The van der Waals surface area contributed by atoms with Crippen molar-refractivity contribution in [2.45, 2.75) is 52.0 Å². The van der Waals surface area contributed by atoms with Crippen molar-refractivity contribution in [3.05, 3.63) is 48.0 Å². The highest BCUT2D eigenvalue weighted by molar-refractivity contribution is 5.79. The highest BCUT2D eigenvalue weighted by atomic mass is 16.5. The van der Waals surface area contributed by atoms with Gasteiger partial charge in [0, 0.05) is 25.8 Å².